The van der Waals surface area contributed by atoms with Gasteiger partial charge in [0.2, 0.25) is 5.91 Å². The number of aromatic nitrogens is 3. The highest BCUT2D eigenvalue weighted by Gasteiger charge is 2.28. The molecule has 2 aromatic heterocycles. The number of amides is 1. The molecule has 1 aromatic carbocycles. The normalized spacial score (nSPS) is 12.0. The largest absolute Gasteiger partial charge is 0.466 e. The van der Waals surface area contributed by atoms with E-state index in [1.807, 2.05) is 6.07 Å². The van der Waals surface area contributed by atoms with E-state index in [2.05, 4.69) is 15.2 Å². The SMILES string of the molecule is CCOC(=O)Cc1[nH][nH]c(=O)c1[C@@H](CC(N)=O)c1cc2ccccc2[nH]c1=O. The van der Waals surface area contributed by atoms with Gasteiger partial charge >= 0.3 is 5.97 Å². The zero-order valence-electron chi connectivity index (χ0n) is 15.2. The summed E-state index contributed by atoms with van der Waals surface area (Å²) in [5.41, 5.74) is 5.63. The van der Waals surface area contributed by atoms with E-state index in [0.717, 1.165) is 5.39 Å². The number of carbonyl (C=O) groups excluding carboxylic acids is 2. The molecule has 9 heteroatoms. The van der Waals surface area contributed by atoms with E-state index in [1.54, 1.807) is 31.2 Å². The Morgan fingerprint density at radius 1 is 1.14 bits per heavy atom. The minimum atomic E-state index is -0.912. The quantitative estimate of drug-likeness (QED) is 0.441. The second-order valence-corrected chi connectivity index (χ2v) is 6.32. The lowest BCUT2D eigenvalue weighted by molar-refractivity contribution is -0.142. The first-order valence-corrected chi connectivity index (χ1v) is 8.76. The van der Waals surface area contributed by atoms with E-state index >= 15 is 0 Å². The molecule has 9 nitrogen and oxygen atoms in total. The molecule has 0 unspecified atom stereocenters. The van der Waals surface area contributed by atoms with Crippen molar-refractivity contribution in [2.75, 3.05) is 6.61 Å². The van der Waals surface area contributed by atoms with Crippen molar-refractivity contribution in [3.8, 4) is 0 Å². The van der Waals surface area contributed by atoms with Gasteiger partial charge in [-0.3, -0.25) is 24.3 Å². The zero-order valence-corrected chi connectivity index (χ0v) is 15.2. The van der Waals surface area contributed by atoms with E-state index in [1.165, 1.54) is 0 Å². The fourth-order valence-electron chi connectivity index (χ4n) is 3.26. The van der Waals surface area contributed by atoms with Crippen LogP contribution in [-0.2, 0) is 20.7 Å². The van der Waals surface area contributed by atoms with Crippen LogP contribution >= 0.6 is 0 Å². The van der Waals surface area contributed by atoms with Crippen LogP contribution in [0.5, 0.6) is 0 Å². The van der Waals surface area contributed by atoms with Gasteiger partial charge in [-0.2, -0.15) is 0 Å². The first-order chi connectivity index (χ1) is 13.4. The number of ether oxygens (including phenoxy) is 1. The van der Waals surface area contributed by atoms with Gasteiger partial charge in [-0.25, -0.2) is 0 Å². The molecule has 0 aliphatic heterocycles. The van der Waals surface area contributed by atoms with E-state index in [4.69, 9.17) is 10.5 Å². The third kappa shape index (κ3) is 3.88. The molecule has 0 saturated carbocycles. The van der Waals surface area contributed by atoms with Gasteiger partial charge in [-0.15, -0.1) is 0 Å². The molecule has 1 amide bonds. The molecule has 3 rings (SSSR count). The summed E-state index contributed by atoms with van der Waals surface area (Å²) in [6.45, 7) is 1.86. The van der Waals surface area contributed by atoms with Gasteiger partial charge in [0.25, 0.3) is 11.1 Å². The number of primary amides is 1. The van der Waals surface area contributed by atoms with Crippen LogP contribution in [0, 0.1) is 0 Å². The number of nitrogens with two attached hydrogens (primary N) is 1. The number of carbonyl (C=O) groups is 2. The number of H-pyrrole nitrogens is 3. The minimum absolute atomic E-state index is 0.118. The Kier molecular flexibility index (Phi) is 5.44. The molecule has 5 N–H and O–H groups in total. The zero-order chi connectivity index (χ0) is 20.3. The molecular weight excluding hydrogens is 364 g/mol. The van der Waals surface area contributed by atoms with Gasteiger partial charge in [-0.05, 0) is 24.4 Å². The van der Waals surface area contributed by atoms with Crippen LogP contribution in [0.25, 0.3) is 10.9 Å². The Bertz CT molecular complexity index is 1140. The number of rotatable bonds is 7. The molecule has 0 fully saturated rings. The number of para-hydroxylation sites is 1. The number of aromatic amines is 3. The summed E-state index contributed by atoms with van der Waals surface area (Å²) >= 11 is 0. The summed E-state index contributed by atoms with van der Waals surface area (Å²) in [6.07, 6.45) is -0.471. The first-order valence-electron chi connectivity index (χ1n) is 8.76. The fourth-order valence-corrected chi connectivity index (χ4v) is 3.26. The average Bonchev–Trinajstić information content (AvgIpc) is 2.99. The first kappa shape index (κ1) is 19.2. The summed E-state index contributed by atoms with van der Waals surface area (Å²) in [5.74, 6) is -2.13. The van der Waals surface area contributed by atoms with E-state index in [-0.39, 0.29) is 36.3 Å². The monoisotopic (exact) mass is 384 g/mol. The molecule has 0 aliphatic rings. The van der Waals surface area contributed by atoms with Crippen LogP contribution in [0.15, 0.2) is 39.9 Å². The van der Waals surface area contributed by atoms with Crippen molar-refractivity contribution in [2.45, 2.75) is 25.7 Å². The maximum absolute atomic E-state index is 12.7. The number of hydrogen-bond acceptors (Lipinski definition) is 5. The van der Waals surface area contributed by atoms with Crippen LogP contribution in [-0.4, -0.2) is 33.7 Å². The van der Waals surface area contributed by atoms with Gasteiger partial charge in [0.1, 0.15) is 0 Å². The van der Waals surface area contributed by atoms with Crippen LogP contribution < -0.4 is 16.9 Å². The molecule has 0 spiro atoms. The molecule has 0 aliphatic carbocycles. The van der Waals surface area contributed by atoms with E-state index in [0.29, 0.717) is 5.52 Å². The molecule has 146 valence electrons. The summed E-state index contributed by atoms with van der Waals surface area (Å²) in [5, 5.41) is 5.79. The molecular formula is C19H20N4O5. The second-order valence-electron chi connectivity index (χ2n) is 6.32. The summed E-state index contributed by atoms with van der Waals surface area (Å²) < 4.78 is 4.92. The predicted molar refractivity (Wildman–Crippen MR) is 102 cm³/mol. The number of pyridine rings is 1. The maximum atomic E-state index is 12.7. The van der Waals surface area contributed by atoms with Crippen molar-refractivity contribution in [2.24, 2.45) is 5.73 Å². The van der Waals surface area contributed by atoms with Crippen molar-refractivity contribution in [3.63, 3.8) is 0 Å². The van der Waals surface area contributed by atoms with Crippen molar-refractivity contribution in [1.82, 2.24) is 15.2 Å². The Morgan fingerprint density at radius 3 is 2.61 bits per heavy atom. The lowest BCUT2D eigenvalue weighted by Gasteiger charge is -2.15. The second kappa shape index (κ2) is 7.95. The molecule has 0 saturated heterocycles. The summed E-state index contributed by atoms with van der Waals surface area (Å²) in [6, 6.07) is 8.77. The number of hydrogen-bond donors (Lipinski definition) is 4. The van der Waals surface area contributed by atoms with Crippen molar-refractivity contribution < 1.29 is 14.3 Å². The predicted octanol–water partition coefficient (Wildman–Crippen LogP) is 0.657. The van der Waals surface area contributed by atoms with Crippen LogP contribution in [0.2, 0.25) is 0 Å². The smallest absolute Gasteiger partial charge is 0.311 e. The molecule has 28 heavy (non-hydrogen) atoms. The highest BCUT2D eigenvalue weighted by Crippen LogP contribution is 2.27. The fraction of sp³-hybridized carbons (Fsp3) is 0.263. The van der Waals surface area contributed by atoms with Crippen molar-refractivity contribution >= 4 is 22.8 Å². The molecule has 0 bridgehead atoms. The highest BCUT2D eigenvalue weighted by atomic mass is 16.5. The van der Waals surface area contributed by atoms with Gasteiger partial charge in [0.05, 0.1) is 18.7 Å². The number of fused-ring (bicyclic) bond motifs is 1. The number of benzene rings is 1. The molecule has 3 aromatic rings. The molecule has 1 atom stereocenters. The Balaban J connectivity index is 2.15. The van der Waals surface area contributed by atoms with Gasteiger partial charge < -0.3 is 20.6 Å². The van der Waals surface area contributed by atoms with Crippen LogP contribution in [0.3, 0.4) is 0 Å². The number of esters is 1. The summed E-state index contributed by atoms with van der Waals surface area (Å²) in [7, 11) is 0. The Labute approximate surface area is 158 Å². The van der Waals surface area contributed by atoms with Crippen molar-refractivity contribution in [1.29, 1.82) is 0 Å². The Morgan fingerprint density at radius 2 is 1.89 bits per heavy atom. The summed E-state index contributed by atoms with van der Waals surface area (Å²) in [4.78, 5) is 51.5. The van der Waals surface area contributed by atoms with Crippen LogP contribution in [0.4, 0.5) is 0 Å². The molecule has 2 heterocycles. The number of nitrogens with one attached hydrogen (secondary N) is 3. The third-order valence-electron chi connectivity index (χ3n) is 4.43. The van der Waals surface area contributed by atoms with Crippen molar-refractivity contribution in [3.05, 3.63) is 67.9 Å². The topological polar surface area (TPSA) is 151 Å². The third-order valence-corrected chi connectivity index (χ3v) is 4.43. The van der Waals surface area contributed by atoms with E-state index in [9.17, 15) is 19.2 Å². The maximum Gasteiger partial charge on any atom is 0.311 e. The highest BCUT2D eigenvalue weighted by molar-refractivity contribution is 5.80. The van der Waals surface area contributed by atoms with E-state index < -0.39 is 28.9 Å². The van der Waals surface area contributed by atoms with Gasteiger partial charge in [-0.1, -0.05) is 18.2 Å². The van der Waals surface area contributed by atoms with Gasteiger partial charge in [0, 0.05) is 29.0 Å². The van der Waals surface area contributed by atoms with Crippen LogP contribution in [0.1, 0.15) is 36.1 Å². The minimum Gasteiger partial charge on any atom is -0.466 e. The standard InChI is InChI=1S/C19H20N4O5/c1-2-28-16(25)9-14-17(19(27)23-22-14)11(8-15(20)24)12-7-10-5-3-4-6-13(10)21-18(12)26/h3-7,11H,2,8-9H2,1H3,(H2,20,24)(H,21,26)(H2,22,23,27)/t11-/m0/s1. The lowest BCUT2D eigenvalue weighted by atomic mass is 9.87. The Hall–Kier alpha value is -3.62. The lowest BCUT2D eigenvalue weighted by Crippen LogP contribution is -2.26. The molecule has 0 radical (unpaired) electrons. The average molecular weight is 384 g/mol. The van der Waals surface area contributed by atoms with Gasteiger partial charge in [0.15, 0.2) is 0 Å².